The Bertz CT molecular complexity index is 1280. The molecule has 3 heteroatoms. The van der Waals surface area contributed by atoms with E-state index in [4.69, 9.17) is 0 Å². The Morgan fingerprint density at radius 3 is 1.96 bits per heavy atom. The first-order valence-electron chi connectivity index (χ1n) is 9.63. The highest BCUT2D eigenvalue weighted by atomic mass is 16.5. The van der Waals surface area contributed by atoms with E-state index in [2.05, 4.69) is 54.6 Å². The second kappa shape index (κ2) is 5.40. The zero-order chi connectivity index (χ0) is 19.8. The van der Waals surface area contributed by atoms with Gasteiger partial charge in [-0.15, -0.1) is 10.3 Å². The molecule has 1 aliphatic heterocycles. The molecule has 4 aromatic rings. The minimum absolute atomic E-state index is 0.572. The zero-order valence-electron chi connectivity index (χ0n) is 16.5. The fourth-order valence-corrected chi connectivity index (χ4v) is 5.18. The summed E-state index contributed by atoms with van der Waals surface area (Å²) < 4.78 is 0. The predicted octanol–water partition coefficient (Wildman–Crippen LogP) is 5.75. The maximum atomic E-state index is 13.1. The van der Waals surface area contributed by atoms with Gasteiger partial charge >= 0.3 is 0 Å². The number of aldehydes is 1. The molecule has 0 amide bonds. The summed E-state index contributed by atoms with van der Waals surface area (Å²) in [4.78, 5) is 12.1. The Balaban J connectivity index is 1.96. The van der Waals surface area contributed by atoms with Crippen molar-refractivity contribution in [1.82, 2.24) is 5.06 Å². The lowest BCUT2D eigenvalue weighted by Gasteiger charge is -2.34. The number of hydrogen-bond acceptors (Lipinski definition) is 2. The summed E-state index contributed by atoms with van der Waals surface area (Å²) in [5.41, 5.74) is 0.736. The molecule has 1 radical (unpaired) electrons. The average Bonchev–Trinajstić information content (AvgIpc) is 2.82. The van der Waals surface area contributed by atoms with Gasteiger partial charge in [0.15, 0.2) is 0 Å². The molecular formula is C25H22NO2. The molecule has 1 aliphatic rings. The van der Waals surface area contributed by atoms with Gasteiger partial charge in [0.05, 0.1) is 11.1 Å². The van der Waals surface area contributed by atoms with Gasteiger partial charge in [-0.3, -0.25) is 4.79 Å². The fraction of sp³-hybridized carbons (Fsp3) is 0.240. The predicted molar refractivity (Wildman–Crippen MR) is 114 cm³/mol. The van der Waals surface area contributed by atoms with Gasteiger partial charge < -0.3 is 0 Å². The largest absolute Gasteiger partial charge is 0.298 e. The van der Waals surface area contributed by atoms with Crippen molar-refractivity contribution in [1.29, 1.82) is 0 Å². The molecule has 0 fully saturated rings. The molecule has 0 bridgehead atoms. The summed E-state index contributed by atoms with van der Waals surface area (Å²) in [6.07, 6.45) is 0.868. The van der Waals surface area contributed by atoms with Crippen LogP contribution >= 0.6 is 0 Å². The van der Waals surface area contributed by atoms with Crippen LogP contribution in [0.1, 0.15) is 33.3 Å². The van der Waals surface area contributed by atoms with E-state index in [-0.39, 0.29) is 0 Å². The lowest BCUT2D eigenvalue weighted by Crippen LogP contribution is -2.47. The molecule has 0 unspecified atom stereocenters. The van der Waals surface area contributed by atoms with Crippen molar-refractivity contribution in [2.24, 2.45) is 0 Å². The molecule has 0 aromatic heterocycles. The molecular weight excluding hydrogens is 346 g/mol. The summed E-state index contributed by atoms with van der Waals surface area (Å²) in [5, 5.41) is 21.3. The van der Waals surface area contributed by atoms with Crippen LogP contribution in [0, 0.1) is 0 Å². The lowest BCUT2D eigenvalue weighted by atomic mass is 9.82. The summed E-state index contributed by atoms with van der Waals surface area (Å²) in [5.74, 6) is 0. The molecule has 0 N–H and O–H groups in total. The number of rotatable bonds is 2. The normalized spacial score (nSPS) is 19.3. The number of hydrogen-bond donors (Lipinski definition) is 0. The van der Waals surface area contributed by atoms with Crippen LogP contribution in [0.15, 0.2) is 60.2 Å². The van der Waals surface area contributed by atoms with Crippen molar-refractivity contribution in [3.63, 3.8) is 0 Å². The summed E-state index contributed by atoms with van der Waals surface area (Å²) in [6.45, 7) is 7.47. The fourth-order valence-electron chi connectivity index (χ4n) is 5.18. The van der Waals surface area contributed by atoms with Gasteiger partial charge in [0.25, 0.3) is 0 Å². The van der Waals surface area contributed by atoms with Crippen molar-refractivity contribution in [3.05, 3.63) is 65.7 Å². The van der Waals surface area contributed by atoms with E-state index >= 15 is 0 Å². The minimum atomic E-state index is -0.857. The van der Waals surface area contributed by atoms with Crippen LogP contribution in [-0.4, -0.2) is 22.4 Å². The molecule has 0 spiro atoms. The number of nitrogens with zero attached hydrogens (tertiary/aromatic N) is 1. The number of carbonyl (C=O) groups excluding carboxylic acids is 1. The molecule has 0 aliphatic carbocycles. The van der Waals surface area contributed by atoms with E-state index in [0.29, 0.717) is 5.57 Å². The summed E-state index contributed by atoms with van der Waals surface area (Å²) in [7, 11) is 0. The maximum absolute atomic E-state index is 13.1. The summed E-state index contributed by atoms with van der Waals surface area (Å²) in [6, 6.07) is 19.1. The molecule has 28 heavy (non-hydrogen) atoms. The van der Waals surface area contributed by atoms with Gasteiger partial charge in [-0.1, -0.05) is 54.6 Å². The van der Waals surface area contributed by atoms with Gasteiger partial charge in [-0.2, -0.15) is 0 Å². The smallest absolute Gasteiger partial charge is 0.148 e. The van der Waals surface area contributed by atoms with Crippen LogP contribution in [0.5, 0.6) is 0 Å². The van der Waals surface area contributed by atoms with E-state index in [1.165, 1.54) is 26.9 Å². The molecule has 3 nitrogen and oxygen atoms in total. The first-order valence-corrected chi connectivity index (χ1v) is 9.63. The first-order chi connectivity index (χ1) is 13.3. The van der Waals surface area contributed by atoms with Crippen LogP contribution in [0.3, 0.4) is 0 Å². The third-order valence-electron chi connectivity index (χ3n) is 6.47. The molecule has 139 valence electrons. The van der Waals surface area contributed by atoms with Crippen LogP contribution in [0.2, 0.25) is 0 Å². The highest BCUT2D eigenvalue weighted by Gasteiger charge is 2.52. The zero-order valence-corrected chi connectivity index (χ0v) is 16.5. The van der Waals surface area contributed by atoms with Crippen molar-refractivity contribution in [2.75, 3.05) is 0 Å². The molecule has 0 saturated heterocycles. The van der Waals surface area contributed by atoms with E-state index in [1.807, 2.05) is 27.7 Å². The highest BCUT2D eigenvalue weighted by Crippen LogP contribution is 2.50. The molecule has 0 saturated carbocycles. The van der Waals surface area contributed by atoms with Crippen LogP contribution in [0.4, 0.5) is 0 Å². The highest BCUT2D eigenvalue weighted by molar-refractivity contribution is 6.25. The van der Waals surface area contributed by atoms with Crippen molar-refractivity contribution >= 4 is 44.2 Å². The van der Waals surface area contributed by atoms with Crippen LogP contribution in [0.25, 0.3) is 37.9 Å². The average molecular weight is 368 g/mol. The van der Waals surface area contributed by atoms with E-state index < -0.39 is 11.1 Å². The maximum Gasteiger partial charge on any atom is 0.148 e. The monoisotopic (exact) mass is 368 g/mol. The lowest BCUT2D eigenvalue weighted by molar-refractivity contribution is -0.236. The van der Waals surface area contributed by atoms with Gasteiger partial charge in [-0.25, -0.2) is 0 Å². The second-order valence-corrected chi connectivity index (χ2v) is 8.79. The first kappa shape index (κ1) is 17.4. The molecule has 4 aromatic carbocycles. The van der Waals surface area contributed by atoms with Crippen LogP contribution in [-0.2, 0) is 10.0 Å². The van der Waals surface area contributed by atoms with E-state index in [9.17, 15) is 10.0 Å². The van der Waals surface area contributed by atoms with E-state index in [0.717, 1.165) is 27.9 Å². The van der Waals surface area contributed by atoms with Crippen molar-refractivity contribution < 1.29 is 10.0 Å². The Labute approximate surface area is 164 Å². The standard InChI is InChI=1S/C25H22NO2/c1-24(2)20(14-27)23(25(3,4)26(24)28)19-13-11-17-9-8-15-6-5-7-16-10-12-18(19)22(17)21(15)16/h5-14H,1-4H3. The van der Waals surface area contributed by atoms with Crippen molar-refractivity contribution in [3.8, 4) is 0 Å². The van der Waals surface area contributed by atoms with Gasteiger partial charge in [0, 0.05) is 5.57 Å². The van der Waals surface area contributed by atoms with Gasteiger partial charge in [0.2, 0.25) is 0 Å². The molecule has 1 heterocycles. The molecule has 0 atom stereocenters. The van der Waals surface area contributed by atoms with Gasteiger partial charge in [-0.05, 0) is 71.1 Å². The van der Waals surface area contributed by atoms with Gasteiger partial charge in [0.1, 0.15) is 6.29 Å². The summed E-state index contributed by atoms with van der Waals surface area (Å²) >= 11 is 0. The SMILES string of the molecule is CC1(C)C(C=O)=C(c2ccc3ccc4cccc5ccc2c3c45)C(C)(C)N1[O]. The van der Waals surface area contributed by atoms with Crippen molar-refractivity contribution in [2.45, 2.75) is 38.8 Å². The Morgan fingerprint density at radius 1 is 0.750 bits per heavy atom. The quantitative estimate of drug-likeness (QED) is 0.334. The number of hydroxylamine groups is 2. The van der Waals surface area contributed by atoms with E-state index in [1.54, 1.807) is 0 Å². The third-order valence-corrected chi connectivity index (χ3v) is 6.47. The third kappa shape index (κ3) is 1.98. The molecule has 5 rings (SSSR count). The Kier molecular flexibility index (Phi) is 3.35. The Morgan fingerprint density at radius 2 is 1.32 bits per heavy atom. The Hall–Kier alpha value is -2.75. The minimum Gasteiger partial charge on any atom is -0.298 e. The number of benzene rings is 4. The number of carbonyl (C=O) groups is 1. The second-order valence-electron chi connectivity index (χ2n) is 8.79. The van der Waals surface area contributed by atoms with Crippen LogP contribution < -0.4 is 0 Å². The topological polar surface area (TPSA) is 40.2 Å².